The number of likely N-dealkylation sites (tertiary alicyclic amines) is 1. The number of aromatic nitrogens is 4. The average molecular weight is 705 g/mol. The third-order valence-electron chi connectivity index (χ3n) is 9.13. The Morgan fingerprint density at radius 2 is 1.98 bits per heavy atom. The van der Waals surface area contributed by atoms with E-state index in [9.17, 15) is 9.59 Å². The summed E-state index contributed by atoms with van der Waals surface area (Å²) in [6.45, 7) is 8.60. The summed E-state index contributed by atoms with van der Waals surface area (Å²) in [6, 6.07) is 9.84. The highest BCUT2D eigenvalue weighted by Gasteiger charge is 2.38. The SMILES string of the molecule is COC(=O)N[C@H](C(=O)N1CCC[C@H]1c1ncc(-c2cc(F)c3c(c2)OC(c2cnc(CC(C)C)s2)n2c-3cc3cc(Cl)ccc32)[nH]1)C(C)C. The van der Waals surface area contributed by atoms with Crippen LogP contribution in [0.4, 0.5) is 9.18 Å². The number of carbonyl (C=O) groups excluding carboxylic acids is 2. The normalized spacial score (nSPS) is 17.7. The minimum Gasteiger partial charge on any atom is -0.464 e. The number of alkyl carbamates (subject to hydrolysis) is 1. The van der Waals surface area contributed by atoms with Gasteiger partial charge < -0.3 is 24.7 Å². The van der Waals surface area contributed by atoms with Gasteiger partial charge in [-0.05, 0) is 61.1 Å². The van der Waals surface area contributed by atoms with Crippen molar-refractivity contribution in [2.75, 3.05) is 13.7 Å². The van der Waals surface area contributed by atoms with Crippen LogP contribution in [0, 0.1) is 17.7 Å². The molecule has 5 heterocycles. The quantitative estimate of drug-likeness (QED) is 0.169. The summed E-state index contributed by atoms with van der Waals surface area (Å²) < 4.78 is 29.7. The number of H-pyrrole nitrogens is 1. The van der Waals surface area contributed by atoms with Crippen LogP contribution in [0.1, 0.15) is 68.5 Å². The minimum atomic E-state index is -0.742. The average Bonchev–Trinajstić information content (AvgIpc) is 3.87. The molecular formula is C36H38ClFN6O4S. The van der Waals surface area contributed by atoms with Gasteiger partial charge in [-0.15, -0.1) is 11.3 Å². The fourth-order valence-corrected chi connectivity index (χ4v) is 8.15. The molecule has 256 valence electrons. The number of hydrogen-bond donors (Lipinski definition) is 2. The summed E-state index contributed by atoms with van der Waals surface area (Å²) in [4.78, 5) is 40.9. The zero-order valence-electron chi connectivity index (χ0n) is 27.9. The molecule has 1 fully saturated rings. The standard InChI is InChI=1S/C36H38ClFN6O4S/c1-18(2)11-30-39-17-29(49-30)35-44-25-9-8-22(37)12-21(25)14-27(44)31-23(38)13-20(15-28(31)48-35)24-16-40-33(41-24)26-7-6-10-43(26)34(45)32(19(3)4)42-36(46)47-5/h8-9,12-19,26,32,35H,6-7,10-11H2,1-5H3,(H,40,41)(H,42,46)/t26-,32-,35?/m0/s1. The van der Waals surface area contributed by atoms with Gasteiger partial charge in [0, 0.05) is 35.1 Å². The molecule has 1 unspecified atom stereocenters. The van der Waals surface area contributed by atoms with Crippen molar-refractivity contribution < 1.29 is 23.5 Å². The molecule has 2 amide bonds. The van der Waals surface area contributed by atoms with Crippen molar-refractivity contribution in [2.24, 2.45) is 11.8 Å². The van der Waals surface area contributed by atoms with Crippen molar-refractivity contribution in [1.82, 2.24) is 29.7 Å². The number of amides is 2. The summed E-state index contributed by atoms with van der Waals surface area (Å²) >= 11 is 7.96. The lowest BCUT2D eigenvalue weighted by Crippen LogP contribution is -2.51. The van der Waals surface area contributed by atoms with E-state index >= 15 is 4.39 Å². The Morgan fingerprint density at radius 1 is 1.16 bits per heavy atom. The van der Waals surface area contributed by atoms with Crippen molar-refractivity contribution in [3.8, 4) is 28.3 Å². The van der Waals surface area contributed by atoms with Crippen LogP contribution >= 0.6 is 22.9 Å². The molecule has 7 rings (SSSR count). The van der Waals surface area contributed by atoms with E-state index in [0.29, 0.717) is 58.0 Å². The van der Waals surface area contributed by atoms with Crippen LogP contribution < -0.4 is 10.1 Å². The van der Waals surface area contributed by atoms with Gasteiger partial charge in [-0.1, -0.05) is 39.3 Å². The summed E-state index contributed by atoms with van der Waals surface area (Å²) in [5.74, 6) is 0.672. The van der Waals surface area contributed by atoms with Gasteiger partial charge in [-0.2, -0.15) is 0 Å². The lowest BCUT2D eigenvalue weighted by Gasteiger charge is -2.30. The number of benzene rings is 2. The van der Waals surface area contributed by atoms with Gasteiger partial charge in [-0.25, -0.2) is 19.2 Å². The van der Waals surface area contributed by atoms with E-state index in [-0.39, 0.29) is 17.9 Å². The Kier molecular flexibility index (Phi) is 8.87. The molecule has 0 aliphatic carbocycles. The van der Waals surface area contributed by atoms with Gasteiger partial charge >= 0.3 is 6.09 Å². The number of aromatic amines is 1. The smallest absolute Gasteiger partial charge is 0.407 e. The van der Waals surface area contributed by atoms with Gasteiger partial charge in [-0.3, -0.25) is 9.36 Å². The Hall–Kier alpha value is -4.42. The molecule has 0 spiro atoms. The number of imidazole rings is 1. The third kappa shape index (κ3) is 6.16. The molecule has 2 aliphatic rings. The zero-order chi connectivity index (χ0) is 34.6. The van der Waals surface area contributed by atoms with Gasteiger partial charge in [0.25, 0.3) is 0 Å². The van der Waals surface area contributed by atoms with Crippen molar-refractivity contribution in [2.45, 2.75) is 65.3 Å². The molecule has 3 aromatic heterocycles. The number of nitrogens with zero attached hydrogens (tertiary/aromatic N) is 4. The molecule has 10 nitrogen and oxygen atoms in total. The largest absolute Gasteiger partial charge is 0.464 e. The zero-order valence-corrected chi connectivity index (χ0v) is 29.5. The van der Waals surface area contributed by atoms with E-state index in [1.807, 2.05) is 54.9 Å². The van der Waals surface area contributed by atoms with Crippen LogP contribution in [0.3, 0.4) is 0 Å². The minimum absolute atomic E-state index is 0.148. The molecule has 3 atom stereocenters. The first-order chi connectivity index (χ1) is 23.5. The Balaban J connectivity index is 1.24. The second-order valence-corrected chi connectivity index (χ2v) is 15.0. The molecule has 2 aromatic carbocycles. The number of thiazole rings is 1. The first-order valence-corrected chi connectivity index (χ1v) is 17.7. The first-order valence-electron chi connectivity index (χ1n) is 16.5. The Bertz CT molecular complexity index is 2050. The van der Waals surface area contributed by atoms with Crippen LogP contribution in [0.15, 0.2) is 48.8 Å². The van der Waals surface area contributed by atoms with Crippen molar-refractivity contribution in [1.29, 1.82) is 0 Å². The number of halogens is 2. The number of nitrogens with one attached hydrogen (secondary N) is 2. The first kappa shape index (κ1) is 33.1. The summed E-state index contributed by atoms with van der Waals surface area (Å²) in [6.07, 6.45) is 4.64. The van der Waals surface area contributed by atoms with Gasteiger partial charge in [0.2, 0.25) is 12.1 Å². The van der Waals surface area contributed by atoms with E-state index in [0.717, 1.165) is 33.6 Å². The number of hydrogen-bond acceptors (Lipinski definition) is 7. The van der Waals surface area contributed by atoms with E-state index < -0.39 is 24.2 Å². The summed E-state index contributed by atoms with van der Waals surface area (Å²) in [5, 5.41) is 5.17. The maximum Gasteiger partial charge on any atom is 0.407 e. The molecule has 1 saturated heterocycles. The number of carbonyl (C=O) groups is 2. The van der Waals surface area contributed by atoms with Crippen LogP contribution in [-0.2, 0) is 16.0 Å². The molecule has 5 aromatic rings. The van der Waals surface area contributed by atoms with Gasteiger partial charge in [0.1, 0.15) is 23.4 Å². The lowest BCUT2D eigenvalue weighted by atomic mass is 10.0. The summed E-state index contributed by atoms with van der Waals surface area (Å²) in [5.41, 5.74) is 3.10. The van der Waals surface area contributed by atoms with Crippen LogP contribution in [0.2, 0.25) is 5.02 Å². The molecule has 0 bridgehead atoms. The van der Waals surface area contributed by atoms with Crippen molar-refractivity contribution in [3.05, 3.63) is 75.3 Å². The highest BCUT2D eigenvalue weighted by Crippen LogP contribution is 2.48. The number of methoxy groups -OCH3 is 1. The maximum atomic E-state index is 16.3. The molecule has 0 saturated carbocycles. The summed E-state index contributed by atoms with van der Waals surface area (Å²) in [7, 11) is 1.27. The highest BCUT2D eigenvalue weighted by molar-refractivity contribution is 7.11. The molecule has 2 aliphatic heterocycles. The topological polar surface area (TPSA) is 114 Å². The van der Waals surface area contributed by atoms with Crippen molar-refractivity contribution in [3.63, 3.8) is 0 Å². The monoisotopic (exact) mass is 704 g/mol. The molecule has 2 N–H and O–H groups in total. The maximum absolute atomic E-state index is 16.3. The van der Waals surface area contributed by atoms with E-state index in [4.69, 9.17) is 21.1 Å². The third-order valence-corrected chi connectivity index (χ3v) is 10.4. The second kappa shape index (κ2) is 13.1. The predicted octanol–water partition coefficient (Wildman–Crippen LogP) is 8.13. The Labute approximate surface area is 292 Å². The fraction of sp³-hybridized carbons (Fsp3) is 0.389. The lowest BCUT2D eigenvalue weighted by molar-refractivity contribution is -0.135. The number of fused-ring (bicyclic) bond motifs is 5. The van der Waals surface area contributed by atoms with Crippen LogP contribution in [0.5, 0.6) is 5.75 Å². The number of ether oxygens (including phenoxy) is 2. The fourth-order valence-electron chi connectivity index (χ4n) is 6.82. The van der Waals surface area contributed by atoms with E-state index in [2.05, 4.69) is 34.1 Å². The second-order valence-electron chi connectivity index (χ2n) is 13.4. The van der Waals surface area contributed by atoms with Crippen molar-refractivity contribution >= 4 is 45.8 Å². The van der Waals surface area contributed by atoms with E-state index in [1.54, 1.807) is 22.4 Å². The van der Waals surface area contributed by atoms with Crippen LogP contribution in [-0.4, -0.2) is 56.1 Å². The molecule has 0 radical (unpaired) electrons. The Morgan fingerprint density at radius 3 is 2.73 bits per heavy atom. The molecular weight excluding hydrogens is 667 g/mol. The molecule has 49 heavy (non-hydrogen) atoms. The van der Waals surface area contributed by atoms with E-state index in [1.165, 1.54) is 13.2 Å². The highest BCUT2D eigenvalue weighted by atomic mass is 35.5. The van der Waals surface area contributed by atoms with Gasteiger partial charge in [0.15, 0.2) is 0 Å². The van der Waals surface area contributed by atoms with Gasteiger partial charge in [0.05, 0.1) is 51.7 Å². The molecule has 13 heteroatoms. The van der Waals surface area contributed by atoms with Crippen LogP contribution in [0.25, 0.3) is 33.4 Å². The predicted molar refractivity (Wildman–Crippen MR) is 187 cm³/mol. The number of rotatable bonds is 8.